The SMILES string of the molecule is Cc1cc(CO)ccc1N(C)CC(F)(F)F. The highest BCUT2D eigenvalue weighted by atomic mass is 19.4. The minimum Gasteiger partial charge on any atom is -0.392 e. The molecule has 0 saturated heterocycles. The van der Waals surface area contributed by atoms with Crippen LogP contribution in [0, 0.1) is 6.92 Å². The minimum absolute atomic E-state index is 0.107. The largest absolute Gasteiger partial charge is 0.405 e. The predicted octanol–water partition coefficient (Wildman–Crippen LogP) is 2.49. The zero-order valence-corrected chi connectivity index (χ0v) is 9.17. The summed E-state index contributed by atoms with van der Waals surface area (Å²) in [5.74, 6) is 0. The van der Waals surface area contributed by atoms with Gasteiger partial charge in [0.25, 0.3) is 0 Å². The molecule has 5 heteroatoms. The van der Waals surface area contributed by atoms with Gasteiger partial charge in [-0.2, -0.15) is 13.2 Å². The molecule has 16 heavy (non-hydrogen) atoms. The van der Waals surface area contributed by atoms with Crippen LogP contribution >= 0.6 is 0 Å². The van der Waals surface area contributed by atoms with Crippen molar-refractivity contribution in [2.24, 2.45) is 0 Å². The van der Waals surface area contributed by atoms with E-state index in [-0.39, 0.29) is 6.61 Å². The number of benzene rings is 1. The smallest absolute Gasteiger partial charge is 0.392 e. The first-order valence-electron chi connectivity index (χ1n) is 4.82. The standard InChI is InChI=1S/C11H14F3NO/c1-8-5-9(6-16)3-4-10(8)15(2)7-11(12,13)14/h3-5,16H,6-7H2,1-2H3. The number of aliphatic hydroxyl groups is 1. The van der Waals surface area contributed by atoms with E-state index in [2.05, 4.69) is 0 Å². The number of anilines is 1. The lowest BCUT2D eigenvalue weighted by atomic mass is 10.1. The normalized spacial score (nSPS) is 11.6. The molecule has 0 aliphatic heterocycles. The summed E-state index contributed by atoms with van der Waals surface area (Å²) >= 11 is 0. The predicted molar refractivity (Wildman–Crippen MR) is 56.4 cm³/mol. The van der Waals surface area contributed by atoms with Crippen molar-refractivity contribution in [3.63, 3.8) is 0 Å². The number of aryl methyl sites for hydroxylation is 1. The van der Waals surface area contributed by atoms with Gasteiger partial charge in [0.2, 0.25) is 0 Å². The Balaban J connectivity index is 2.88. The molecule has 0 saturated carbocycles. The molecule has 0 aromatic heterocycles. The van der Waals surface area contributed by atoms with Gasteiger partial charge in [-0.05, 0) is 24.1 Å². The van der Waals surface area contributed by atoms with Gasteiger partial charge >= 0.3 is 6.18 Å². The third kappa shape index (κ3) is 3.41. The van der Waals surface area contributed by atoms with E-state index in [0.29, 0.717) is 11.3 Å². The van der Waals surface area contributed by atoms with Crippen LogP contribution in [0.5, 0.6) is 0 Å². The summed E-state index contributed by atoms with van der Waals surface area (Å²) in [6.07, 6.45) is -4.21. The fourth-order valence-corrected chi connectivity index (χ4v) is 1.60. The molecule has 0 unspecified atom stereocenters. The number of nitrogens with zero attached hydrogens (tertiary/aromatic N) is 1. The second-order valence-electron chi connectivity index (χ2n) is 3.75. The summed E-state index contributed by atoms with van der Waals surface area (Å²) in [5, 5.41) is 8.88. The monoisotopic (exact) mass is 233 g/mol. The average Bonchev–Trinajstić information content (AvgIpc) is 2.14. The molecule has 1 rings (SSSR count). The quantitative estimate of drug-likeness (QED) is 0.867. The van der Waals surface area contributed by atoms with Crippen LogP contribution in [-0.4, -0.2) is 24.9 Å². The average molecular weight is 233 g/mol. The van der Waals surface area contributed by atoms with Crippen LogP contribution in [0.15, 0.2) is 18.2 Å². The Labute approximate surface area is 92.3 Å². The Bertz CT molecular complexity index is 363. The van der Waals surface area contributed by atoms with E-state index in [0.717, 1.165) is 10.5 Å². The number of alkyl halides is 3. The maximum Gasteiger partial charge on any atom is 0.405 e. The third-order valence-electron chi connectivity index (χ3n) is 2.27. The van der Waals surface area contributed by atoms with Gasteiger partial charge in [-0.1, -0.05) is 12.1 Å². The highest BCUT2D eigenvalue weighted by Gasteiger charge is 2.29. The van der Waals surface area contributed by atoms with Crippen molar-refractivity contribution in [3.05, 3.63) is 29.3 Å². The van der Waals surface area contributed by atoms with Crippen molar-refractivity contribution in [1.82, 2.24) is 0 Å². The van der Waals surface area contributed by atoms with E-state index in [1.807, 2.05) is 0 Å². The summed E-state index contributed by atoms with van der Waals surface area (Å²) in [7, 11) is 1.40. The molecule has 1 aromatic carbocycles. The molecule has 0 heterocycles. The second-order valence-corrected chi connectivity index (χ2v) is 3.75. The summed E-state index contributed by atoms with van der Waals surface area (Å²) in [6, 6.07) is 4.89. The highest BCUT2D eigenvalue weighted by molar-refractivity contribution is 5.54. The Morgan fingerprint density at radius 2 is 1.94 bits per heavy atom. The highest BCUT2D eigenvalue weighted by Crippen LogP contribution is 2.24. The maximum absolute atomic E-state index is 12.2. The van der Waals surface area contributed by atoms with Gasteiger partial charge in [0.15, 0.2) is 0 Å². The van der Waals surface area contributed by atoms with Crippen LogP contribution in [0.25, 0.3) is 0 Å². The van der Waals surface area contributed by atoms with E-state index in [1.54, 1.807) is 25.1 Å². The van der Waals surface area contributed by atoms with Gasteiger partial charge in [0.1, 0.15) is 6.54 Å². The van der Waals surface area contributed by atoms with Gasteiger partial charge < -0.3 is 10.0 Å². The molecule has 0 aliphatic carbocycles. The van der Waals surface area contributed by atoms with Crippen molar-refractivity contribution in [3.8, 4) is 0 Å². The van der Waals surface area contributed by atoms with Crippen LogP contribution in [-0.2, 0) is 6.61 Å². The Kier molecular flexibility index (Phi) is 3.80. The first-order chi connectivity index (χ1) is 7.33. The van der Waals surface area contributed by atoms with Gasteiger partial charge in [0, 0.05) is 12.7 Å². The lowest BCUT2D eigenvalue weighted by molar-refractivity contribution is -0.119. The van der Waals surface area contributed by atoms with Gasteiger partial charge in [-0.3, -0.25) is 0 Å². The van der Waals surface area contributed by atoms with Gasteiger partial charge in [-0.15, -0.1) is 0 Å². The van der Waals surface area contributed by atoms with Crippen LogP contribution in [0.4, 0.5) is 18.9 Å². The van der Waals surface area contributed by atoms with E-state index >= 15 is 0 Å². The molecule has 0 amide bonds. The molecule has 1 aromatic rings. The number of hydrogen-bond donors (Lipinski definition) is 1. The molecule has 1 N–H and O–H groups in total. The summed E-state index contributed by atoms with van der Waals surface area (Å²) in [4.78, 5) is 1.15. The van der Waals surface area contributed by atoms with Crippen molar-refractivity contribution in [2.45, 2.75) is 19.7 Å². The van der Waals surface area contributed by atoms with Crippen LogP contribution < -0.4 is 4.90 Å². The Hall–Kier alpha value is -1.23. The topological polar surface area (TPSA) is 23.5 Å². The van der Waals surface area contributed by atoms with Crippen molar-refractivity contribution >= 4 is 5.69 Å². The van der Waals surface area contributed by atoms with Gasteiger partial charge in [-0.25, -0.2) is 0 Å². The Morgan fingerprint density at radius 3 is 2.38 bits per heavy atom. The zero-order valence-electron chi connectivity index (χ0n) is 9.17. The molecule has 0 aliphatic rings. The molecule has 0 radical (unpaired) electrons. The van der Waals surface area contributed by atoms with Gasteiger partial charge in [0.05, 0.1) is 6.61 Å². The van der Waals surface area contributed by atoms with Crippen molar-refractivity contribution < 1.29 is 18.3 Å². The summed E-state index contributed by atoms with van der Waals surface area (Å²) < 4.78 is 36.6. The van der Waals surface area contributed by atoms with Crippen molar-refractivity contribution in [2.75, 3.05) is 18.5 Å². The van der Waals surface area contributed by atoms with Crippen molar-refractivity contribution in [1.29, 1.82) is 0 Å². The maximum atomic E-state index is 12.2. The first-order valence-corrected chi connectivity index (χ1v) is 4.82. The zero-order chi connectivity index (χ0) is 12.3. The Morgan fingerprint density at radius 1 is 1.31 bits per heavy atom. The summed E-state index contributed by atoms with van der Waals surface area (Å²) in [5.41, 5.74) is 1.94. The fraction of sp³-hybridized carbons (Fsp3) is 0.455. The second kappa shape index (κ2) is 4.74. The van der Waals surface area contributed by atoms with E-state index in [9.17, 15) is 13.2 Å². The number of hydrogen-bond acceptors (Lipinski definition) is 2. The van der Waals surface area contributed by atoms with Crippen LogP contribution in [0.2, 0.25) is 0 Å². The molecule has 0 fully saturated rings. The number of halogens is 3. The van der Waals surface area contributed by atoms with Crippen LogP contribution in [0.3, 0.4) is 0 Å². The molecule has 0 bridgehead atoms. The number of aliphatic hydroxyl groups excluding tert-OH is 1. The number of rotatable bonds is 3. The van der Waals surface area contributed by atoms with E-state index in [4.69, 9.17) is 5.11 Å². The third-order valence-corrected chi connectivity index (χ3v) is 2.27. The van der Waals surface area contributed by atoms with E-state index < -0.39 is 12.7 Å². The lowest BCUT2D eigenvalue weighted by Gasteiger charge is -2.23. The summed E-state index contributed by atoms with van der Waals surface area (Å²) in [6.45, 7) is 0.637. The lowest BCUT2D eigenvalue weighted by Crippen LogP contribution is -2.31. The molecule has 0 atom stereocenters. The first kappa shape index (κ1) is 12.8. The molecular formula is C11H14F3NO. The molecule has 2 nitrogen and oxygen atoms in total. The molecule has 90 valence electrons. The molecule has 0 spiro atoms. The van der Waals surface area contributed by atoms with Crippen LogP contribution in [0.1, 0.15) is 11.1 Å². The molecular weight excluding hydrogens is 219 g/mol. The minimum atomic E-state index is -4.21. The fourth-order valence-electron chi connectivity index (χ4n) is 1.60. The van der Waals surface area contributed by atoms with E-state index in [1.165, 1.54) is 7.05 Å².